The zero-order valence-electron chi connectivity index (χ0n) is 19.1. The Hall–Kier alpha value is -3.27. The summed E-state index contributed by atoms with van der Waals surface area (Å²) >= 11 is 1.56. The van der Waals surface area contributed by atoms with Crippen LogP contribution in [-0.2, 0) is 7.05 Å². The second-order valence-electron chi connectivity index (χ2n) is 9.38. The Morgan fingerprint density at radius 1 is 1.09 bits per heavy atom. The lowest BCUT2D eigenvalue weighted by Gasteiger charge is -2.36. The molecule has 1 aromatic carbocycles. The Morgan fingerprint density at radius 3 is 2.38 bits per heavy atom. The smallest absolute Gasteiger partial charge is 0.324 e. The highest BCUT2D eigenvalue weighted by Crippen LogP contribution is 2.52. The summed E-state index contributed by atoms with van der Waals surface area (Å²) < 4.78 is 21.5. The number of nitrogens with zero attached hydrogens (tertiary/aromatic N) is 5. The van der Waals surface area contributed by atoms with Gasteiger partial charge in [-0.3, -0.25) is 9.36 Å². The number of anilines is 1. The van der Waals surface area contributed by atoms with Gasteiger partial charge < -0.3 is 9.42 Å². The van der Waals surface area contributed by atoms with E-state index in [0.717, 1.165) is 36.1 Å². The minimum Gasteiger partial charge on any atom is -0.324 e. The van der Waals surface area contributed by atoms with E-state index in [0.29, 0.717) is 45.5 Å². The number of halogens is 1. The Kier molecular flexibility index (Phi) is 4.77. The molecule has 1 aliphatic carbocycles. The molecule has 3 aromatic heterocycles. The molecule has 2 bridgehead atoms. The maximum absolute atomic E-state index is 13.5. The number of aromatic nitrogens is 4. The van der Waals surface area contributed by atoms with Crippen molar-refractivity contribution in [3.8, 4) is 5.69 Å². The average Bonchev–Trinajstić information content (AvgIpc) is 3.47. The summed E-state index contributed by atoms with van der Waals surface area (Å²) in [5, 5.41) is 4.50. The number of hydrogen-bond acceptors (Lipinski definition) is 7. The Morgan fingerprint density at radius 2 is 1.76 bits per heavy atom. The summed E-state index contributed by atoms with van der Waals surface area (Å²) in [5.41, 5.74) is 0.530. The molecule has 8 nitrogen and oxygen atoms in total. The number of hydrogen-bond donors (Lipinski definition) is 0. The molecule has 34 heavy (non-hydrogen) atoms. The average molecular weight is 482 g/mol. The summed E-state index contributed by atoms with van der Waals surface area (Å²) in [5.74, 6) is 1.36. The second kappa shape index (κ2) is 7.63. The highest BCUT2D eigenvalue weighted by molar-refractivity contribution is 7.19. The van der Waals surface area contributed by atoms with E-state index >= 15 is 0 Å². The molecule has 6 rings (SSSR count). The maximum atomic E-state index is 13.5. The first-order valence-corrected chi connectivity index (χ1v) is 12.2. The first-order chi connectivity index (χ1) is 16.3. The molecule has 4 aromatic rings. The molecule has 0 N–H and O–H groups in total. The molecule has 176 valence electrons. The largest absolute Gasteiger partial charge is 0.336 e. The van der Waals surface area contributed by atoms with Gasteiger partial charge in [0.15, 0.2) is 5.82 Å². The normalized spacial score (nSPS) is 22.1. The van der Waals surface area contributed by atoms with E-state index in [1.165, 1.54) is 29.1 Å². The van der Waals surface area contributed by atoms with E-state index in [2.05, 4.69) is 15.0 Å². The quantitative estimate of drug-likeness (QED) is 0.445. The van der Waals surface area contributed by atoms with E-state index in [4.69, 9.17) is 4.52 Å². The predicted octanol–water partition coefficient (Wildman–Crippen LogP) is 3.52. The lowest BCUT2D eigenvalue weighted by atomic mass is 9.82. The molecule has 4 heterocycles. The third-order valence-electron chi connectivity index (χ3n) is 7.37. The number of benzene rings is 1. The van der Waals surface area contributed by atoms with Gasteiger partial charge in [-0.25, -0.2) is 13.8 Å². The van der Waals surface area contributed by atoms with Crippen LogP contribution < -0.4 is 16.1 Å². The molecule has 0 radical (unpaired) electrons. The van der Waals surface area contributed by atoms with Gasteiger partial charge in [0, 0.05) is 30.9 Å². The molecule has 2 unspecified atom stereocenters. The maximum Gasteiger partial charge on any atom is 0.336 e. The van der Waals surface area contributed by atoms with Crippen molar-refractivity contribution >= 4 is 27.6 Å². The number of thiophene rings is 1. The fourth-order valence-electron chi connectivity index (χ4n) is 5.80. The second-order valence-corrected chi connectivity index (χ2v) is 10.4. The topological polar surface area (TPSA) is 86.2 Å². The van der Waals surface area contributed by atoms with Crippen LogP contribution in [0.4, 0.5) is 10.4 Å². The highest BCUT2D eigenvalue weighted by atomic mass is 32.1. The Balaban J connectivity index is 1.45. The number of aryl methyl sites for hydroxylation is 3. The summed E-state index contributed by atoms with van der Waals surface area (Å²) in [6.45, 7) is 5.46. The van der Waals surface area contributed by atoms with Gasteiger partial charge in [-0.1, -0.05) is 5.16 Å². The summed E-state index contributed by atoms with van der Waals surface area (Å²) in [4.78, 5) is 35.1. The van der Waals surface area contributed by atoms with Crippen LogP contribution in [0.15, 0.2) is 38.4 Å². The minimum absolute atomic E-state index is 0.325. The van der Waals surface area contributed by atoms with Crippen molar-refractivity contribution in [1.29, 1.82) is 0 Å². The van der Waals surface area contributed by atoms with E-state index in [1.54, 1.807) is 23.0 Å². The number of fused-ring (bicyclic) bond motifs is 3. The van der Waals surface area contributed by atoms with Crippen LogP contribution in [0, 0.1) is 31.5 Å². The van der Waals surface area contributed by atoms with Gasteiger partial charge in [0.1, 0.15) is 10.6 Å². The van der Waals surface area contributed by atoms with Crippen molar-refractivity contribution in [2.45, 2.75) is 32.6 Å². The van der Waals surface area contributed by atoms with Gasteiger partial charge in [0.05, 0.1) is 11.1 Å². The van der Waals surface area contributed by atoms with Crippen molar-refractivity contribution < 1.29 is 8.91 Å². The first kappa shape index (κ1) is 21.3. The molecule has 0 amide bonds. The predicted molar refractivity (Wildman–Crippen MR) is 128 cm³/mol. The fourth-order valence-corrected chi connectivity index (χ4v) is 7.34. The summed E-state index contributed by atoms with van der Waals surface area (Å²) in [6, 6.07) is 6.01. The van der Waals surface area contributed by atoms with Crippen LogP contribution in [0.5, 0.6) is 0 Å². The molecular weight excluding hydrogens is 457 g/mol. The van der Waals surface area contributed by atoms with E-state index < -0.39 is 11.5 Å². The van der Waals surface area contributed by atoms with Crippen molar-refractivity contribution in [2.75, 3.05) is 18.0 Å². The Bertz CT molecular complexity index is 1520. The zero-order valence-corrected chi connectivity index (χ0v) is 19.9. The molecule has 1 saturated carbocycles. The lowest BCUT2D eigenvalue weighted by Crippen LogP contribution is -2.41. The van der Waals surface area contributed by atoms with Gasteiger partial charge in [-0.2, -0.15) is 4.98 Å². The van der Waals surface area contributed by atoms with E-state index in [9.17, 15) is 14.0 Å². The minimum atomic E-state index is -0.429. The SMILES string of the molecule is Cc1noc(N2CC3CCC(C2)C3c2sc3c(c2C)c(=O)n(-c2ccc(F)cc2)c(=O)n3C)n1. The first-order valence-electron chi connectivity index (χ1n) is 11.4. The lowest BCUT2D eigenvalue weighted by molar-refractivity contribution is 0.329. The molecule has 10 heteroatoms. The number of rotatable bonds is 3. The fraction of sp³-hybridized carbons (Fsp3) is 0.417. The Labute approximate surface area is 198 Å². The van der Waals surface area contributed by atoms with Crippen LogP contribution in [-0.4, -0.2) is 32.4 Å². The molecule has 2 fully saturated rings. The third-order valence-corrected chi connectivity index (χ3v) is 8.84. The van der Waals surface area contributed by atoms with E-state index in [-0.39, 0.29) is 5.56 Å². The highest BCUT2D eigenvalue weighted by Gasteiger charge is 2.45. The van der Waals surface area contributed by atoms with Crippen LogP contribution >= 0.6 is 11.3 Å². The summed E-state index contributed by atoms with van der Waals surface area (Å²) in [6.07, 6.45) is 2.21. The monoisotopic (exact) mass is 481 g/mol. The van der Waals surface area contributed by atoms with E-state index in [1.807, 2.05) is 13.8 Å². The van der Waals surface area contributed by atoms with Crippen LogP contribution in [0.25, 0.3) is 15.9 Å². The van der Waals surface area contributed by atoms with Crippen molar-refractivity contribution in [3.05, 3.63) is 67.2 Å². The van der Waals surface area contributed by atoms with Crippen molar-refractivity contribution in [1.82, 2.24) is 19.3 Å². The van der Waals surface area contributed by atoms with Gasteiger partial charge in [-0.15, -0.1) is 11.3 Å². The molecule has 2 aliphatic rings. The van der Waals surface area contributed by atoms with Gasteiger partial charge in [0.2, 0.25) is 0 Å². The standard InChI is InChI=1S/C24H24FN5O3S/c1-12-18-21(31)30(17-8-6-16(25)7-9-17)24(32)28(3)22(18)34-20(12)19-14-4-5-15(19)11-29(10-14)23-26-13(2)27-33-23/h6-9,14-15,19H,4-5,10-11H2,1-3H3. The zero-order chi connectivity index (χ0) is 23.7. The van der Waals surface area contributed by atoms with Gasteiger partial charge in [0.25, 0.3) is 5.56 Å². The molecule has 1 aliphatic heterocycles. The van der Waals surface area contributed by atoms with Crippen LogP contribution in [0.2, 0.25) is 0 Å². The molecule has 2 atom stereocenters. The number of piperidine rings is 1. The van der Waals surface area contributed by atoms with Crippen LogP contribution in [0.1, 0.15) is 35.0 Å². The molecule has 1 saturated heterocycles. The van der Waals surface area contributed by atoms with Gasteiger partial charge in [-0.05, 0) is 68.4 Å². The molecular formula is C24H24FN5O3S. The summed E-state index contributed by atoms with van der Waals surface area (Å²) in [7, 11) is 1.69. The van der Waals surface area contributed by atoms with Gasteiger partial charge >= 0.3 is 11.7 Å². The molecule has 0 spiro atoms. The van der Waals surface area contributed by atoms with Crippen molar-refractivity contribution in [2.24, 2.45) is 18.9 Å². The third kappa shape index (κ3) is 3.08. The van der Waals surface area contributed by atoms with Crippen molar-refractivity contribution in [3.63, 3.8) is 0 Å². The van der Waals surface area contributed by atoms with Crippen LogP contribution in [0.3, 0.4) is 0 Å².